The number of nitrogens with zero attached hydrogens (tertiary/aromatic N) is 2. The van der Waals surface area contributed by atoms with E-state index >= 15 is 0 Å². The normalized spacial score (nSPS) is 19.4. The number of aromatic nitrogens is 2. The number of pyridine rings is 1. The van der Waals surface area contributed by atoms with Gasteiger partial charge in [-0.2, -0.15) is 0 Å². The van der Waals surface area contributed by atoms with Gasteiger partial charge in [0.25, 0.3) is 5.91 Å². The van der Waals surface area contributed by atoms with E-state index < -0.39 is 0 Å². The molecule has 0 saturated heterocycles. The summed E-state index contributed by atoms with van der Waals surface area (Å²) in [6.07, 6.45) is 5.37. The van der Waals surface area contributed by atoms with Crippen LogP contribution in [0.15, 0.2) is 65.3 Å². The van der Waals surface area contributed by atoms with E-state index in [1.807, 2.05) is 48.5 Å². The summed E-state index contributed by atoms with van der Waals surface area (Å²) < 4.78 is 11.2. The fraction of sp³-hybridized carbons (Fsp3) is 0.286. The quantitative estimate of drug-likeness (QED) is 0.745. The number of ether oxygens (including phenoxy) is 1. The third kappa shape index (κ3) is 4.34. The molecule has 0 atom stereocenters. The molecule has 2 aromatic heterocycles. The lowest BCUT2D eigenvalue weighted by Gasteiger charge is -2.28. The molecule has 0 aliphatic heterocycles. The number of hydrogen-bond acceptors (Lipinski definition) is 5. The molecule has 1 N–H and O–H groups in total. The number of benzene rings is 1. The number of carbonyl (C=O) groups is 1. The van der Waals surface area contributed by atoms with Gasteiger partial charge in [-0.05, 0) is 31.7 Å². The van der Waals surface area contributed by atoms with Gasteiger partial charge in [0.1, 0.15) is 6.10 Å². The van der Waals surface area contributed by atoms with Crippen molar-refractivity contribution in [2.24, 2.45) is 0 Å². The maximum absolute atomic E-state index is 12.5. The number of rotatable bonds is 5. The van der Waals surface area contributed by atoms with Gasteiger partial charge in [-0.15, -0.1) is 0 Å². The molecule has 2 heterocycles. The molecule has 0 unspecified atom stereocenters. The van der Waals surface area contributed by atoms with E-state index in [9.17, 15) is 4.79 Å². The van der Waals surface area contributed by atoms with Crippen LogP contribution in [0.25, 0.3) is 11.3 Å². The summed E-state index contributed by atoms with van der Waals surface area (Å²) >= 11 is 0. The van der Waals surface area contributed by atoms with Gasteiger partial charge >= 0.3 is 0 Å². The second kappa shape index (κ2) is 8.03. The van der Waals surface area contributed by atoms with Crippen LogP contribution >= 0.6 is 0 Å². The SMILES string of the molecule is O=C(NC1CCC(Oc2ccccn2)CC1)c1cc(-c2ccccc2)on1. The van der Waals surface area contributed by atoms with Gasteiger partial charge in [-0.25, -0.2) is 4.98 Å². The van der Waals surface area contributed by atoms with Crippen LogP contribution in [-0.4, -0.2) is 28.2 Å². The first-order valence-electron chi connectivity index (χ1n) is 9.18. The number of amides is 1. The maximum Gasteiger partial charge on any atom is 0.273 e. The van der Waals surface area contributed by atoms with Gasteiger partial charge in [0.05, 0.1) is 0 Å². The van der Waals surface area contributed by atoms with Crippen LogP contribution in [0.2, 0.25) is 0 Å². The van der Waals surface area contributed by atoms with E-state index in [0.717, 1.165) is 31.2 Å². The molecule has 1 fully saturated rings. The number of carbonyl (C=O) groups excluding carboxylic acids is 1. The molecule has 6 nitrogen and oxygen atoms in total. The molecule has 1 aliphatic rings. The Balaban J connectivity index is 1.29. The van der Waals surface area contributed by atoms with Crippen LogP contribution in [-0.2, 0) is 0 Å². The first-order chi connectivity index (χ1) is 13.3. The fourth-order valence-electron chi connectivity index (χ4n) is 3.29. The van der Waals surface area contributed by atoms with Crippen molar-refractivity contribution in [1.29, 1.82) is 0 Å². The summed E-state index contributed by atoms with van der Waals surface area (Å²) in [5, 5.41) is 6.96. The third-order valence-corrected chi connectivity index (χ3v) is 4.74. The van der Waals surface area contributed by atoms with E-state index in [1.54, 1.807) is 12.3 Å². The zero-order valence-corrected chi connectivity index (χ0v) is 14.9. The lowest BCUT2D eigenvalue weighted by Crippen LogP contribution is -2.39. The molecule has 1 saturated carbocycles. The molecule has 4 rings (SSSR count). The molecule has 0 radical (unpaired) electrons. The molecular formula is C21H21N3O3. The summed E-state index contributed by atoms with van der Waals surface area (Å²) in [7, 11) is 0. The van der Waals surface area contributed by atoms with Crippen molar-refractivity contribution in [2.75, 3.05) is 0 Å². The first kappa shape index (κ1) is 17.3. The van der Waals surface area contributed by atoms with E-state index in [1.165, 1.54) is 0 Å². The van der Waals surface area contributed by atoms with E-state index in [4.69, 9.17) is 9.26 Å². The zero-order valence-electron chi connectivity index (χ0n) is 14.9. The summed E-state index contributed by atoms with van der Waals surface area (Å²) in [4.78, 5) is 16.7. The number of nitrogens with one attached hydrogen (secondary N) is 1. The average molecular weight is 363 g/mol. The highest BCUT2D eigenvalue weighted by Crippen LogP contribution is 2.24. The van der Waals surface area contributed by atoms with E-state index in [-0.39, 0.29) is 18.1 Å². The lowest BCUT2D eigenvalue weighted by atomic mass is 9.93. The van der Waals surface area contributed by atoms with Crippen LogP contribution in [0.3, 0.4) is 0 Å². The Bertz CT molecular complexity index is 872. The predicted molar refractivity (Wildman–Crippen MR) is 100 cm³/mol. The predicted octanol–water partition coefficient (Wildman–Crippen LogP) is 3.86. The molecule has 0 bridgehead atoms. The van der Waals surface area contributed by atoms with E-state index in [0.29, 0.717) is 17.3 Å². The molecular weight excluding hydrogens is 342 g/mol. The highest BCUT2D eigenvalue weighted by molar-refractivity contribution is 5.93. The van der Waals surface area contributed by atoms with Gasteiger partial charge in [-0.1, -0.05) is 41.6 Å². The summed E-state index contributed by atoms with van der Waals surface area (Å²) in [5.41, 5.74) is 1.21. The van der Waals surface area contributed by atoms with Gasteiger partial charge in [0, 0.05) is 29.9 Å². The topological polar surface area (TPSA) is 77.2 Å². The minimum absolute atomic E-state index is 0.123. The zero-order chi connectivity index (χ0) is 18.5. The molecule has 138 valence electrons. The molecule has 6 heteroatoms. The van der Waals surface area contributed by atoms with Gasteiger partial charge in [0.2, 0.25) is 5.88 Å². The first-order valence-corrected chi connectivity index (χ1v) is 9.18. The standard InChI is InChI=1S/C21H21N3O3/c25-21(18-14-19(27-24-18)15-6-2-1-3-7-15)23-16-9-11-17(12-10-16)26-20-8-4-5-13-22-20/h1-8,13-14,16-17H,9-12H2,(H,23,25). The Morgan fingerprint density at radius 3 is 2.56 bits per heavy atom. The minimum atomic E-state index is -0.199. The smallest absolute Gasteiger partial charge is 0.273 e. The monoisotopic (exact) mass is 363 g/mol. The highest BCUT2D eigenvalue weighted by atomic mass is 16.5. The molecule has 3 aromatic rings. The number of hydrogen-bond donors (Lipinski definition) is 1. The maximum atomic E-state index is 12.5. The average Bonchev–Trinajstić information content (AvgIpc) is 3.21. The fourth-order valence-corrected chi connectivity index (χ4v) is 3.29. The highest BCUT2D eigenvalue weighted by Gasteiger charge is 2.25. The van der Waals surface area contributed by atoms with Crippen molar-refractivity contribution in [3.8, 4) is 17.2 Å². The minimum Gasteiger partial charge on any atom is -0.474 e. The Morgan fingerprint density at radius 2 is 1.81 bits per heavy atom. The molecule has 1 aliphatic carbocycles. The van der Waals surface area contributed by atoms with E-state index in [2.05, 4.69) is 15.5 Å². The molecule has 1 aromatic carbocycles. The van der Waals surface area contributed by atoms with Crippen molar-refractivity contribution < 1.29 is 14.1 Å². The van der Waals surface area contributed by atoms with Crippen LogP contribution in [0.4, 0.5) is 0 Å². The molecule has 0 spiro atoms. The van der Waals surface area contributed by atoms with Crippen molar-refractivity contribution >= 4 is 5.91 Å². The Labute approximate surface area is 157 Å². The van der Waals surface area contributed by atoms with Crippen LogP contribution in [0.1, 0.15) is 36.2 Å². The van der Waals surface area contributed by atoms with Gasteiger partial charge < -0.3 is 14.6 Å². The second-order valence-corrected chi connectivity index (χ2v) is 6.68. The van der Waals surface area contributed by atoms with Crippen LogP contribution in [0.5, 0.6) is 5.88 Å². The lowest BCUT2D eigenvalue weighted by molar-refractivity contribution is 0.0881. The molecule has 27 heavy (non-hydrogen) atoms. The van der Waals surface area contributed by atoms with Crippen LogP contribution in [0, 0.1) is 0 Å². The third-order valence-electron chi connectivity index (χ3n) is 4.74. The van der Waals surface area contributed by atoms with Crippen molar-refractivity contribution in [3.63, 3.8) is 0 Å². The van der Waals surface area contributed by atoms with Gasteiger partial charge in [-0.3, -0.25) is 4.79 Å². The second-order valence-electron chi connectivity index (χ2n) is 6.68. The van der Waals surface area contributed by atoms with Crippen molar-refractivity contribution in [2.45, 2.75) is 37.8 Å². The summed E-state index contributed by atoms with van der Waals surface area (Å²) in [6.45, 7) is 0. The van der Waals surface area contributed by atoms with Gasteiger partial charge in [0.15, 0.2) is 11.5 Å². The van der Waals surface area contributed by atoms with Crippen LogP contribution < -0.4 is 10.1 Å². The Morgan fingerprint density at radius 1 is 1.04 bits per heavy atom. The Kier molecular flexibility index (Phi) is 5.14. The summed E-state index contributed by atoms with van der Waals surface area (Å²) in [5.74, 6) is 1.05. The summed E-state index contributed by atoms with van der Waals surface area (Å²) in [6, 6.07) is 17.1. The van der Waals surface area contributed by atoms with Crippen molar-refractivity contribution in [1.82, 2.24) is 15.5 Å². The largest absolute Gasteiger partial charge is 0.474 e. The Hall–Kier alpha value is -3.15. The molecule has 1 amide bonds. The van der Waals surface area contributed by atoms with Crippen molar-refractivity contribution in [3.05, 3.63) is 66.5 Å².